The Kier molecular flexibility index (Phi) is 3.50. The molecule has 0 radical (unpaired) electrons. The molecule has 2 N–H and O–H groups in total. The van der Waals surface area contributed by atoms with E-state index in [0.717, 1.165) is 0 Å². The molecule has 0 aromatic carbocycles. The molecular weight excluding hydrogens is 271 g/mol. The molecule has 4 nitrogen and oxygen atoms in total. The lowest BCUT2D eigenvalue weighted by Gasteiger charge is -2.33. The number of hydrogen-bond donors (Lipinski definition) is 2. The third kappa shape index (κ3) is 3.07. The molecule has 0 bridgehead atoms. The Morgan fingerprint density at radius 1 is 1.25 bits per heavy atom. The van der Waals surface area contributed by atoms with E-state index in [1.54, 1.807) is 0 Å². The zero-order valence-corrected chi connectivity index (χ0v) is 11.9. The smallest absolute Gasteiger partial charge is 0.351 e. The van der Waals surface area contributed by atoms with Gasteiger partial charge in [0, 0.05) is 5.54 Å². The van der Waals surface area contributed by atoms with Crippen molar-refractivity contribution >= 4 is 11.9 Å². The highest BCUT2D eigenvalue weighted by molar-refractivity contribution is 6.07. The van der Waals surface area contributed by atoms with Crippen LogP contribution in [0.3, 0.4) is 0 Å². The zero-order chi connectivity index (χ0) is 15.2. The number of guanidine groups is 1. The van der Waals surface area contributed by atoms with E-state index in [9.17, 15) is 18.0 Å². The van der Waals surface area contributed by atoms with Gasteiger partial charge in [-0.15, -0.1) is 0 Å². The molecule has 7 heteroatoms. The van der Waals surface area contributed by atoms with Crippen molar-refractivity contribution in [1.82, 2.24) is 10.6 Å². The molecule has 20 heavy (non-hydrogen) atoms. The van der Waals surface area contributed by atoms with Gasteiger partial charge in [0.2, 0.25) is 0 Å². The monoisotopic (exact) mass is 291 g/mol. The number of rotatable bonds is 0. The number of aliphatic imine (C=N–C) groups is 1. The van der Waals surface area contributed by atoms with Crippen LogP contribution >= 0.6 is 0 Å². The lowest BCUT2D eigenvalue weighted by atomic mass is 9.76. The zero-order valence-electron chi connectivity index (χ0n) is 11.9. The van der Waals surface area contributed by atoms with Crippen LogP contribution < -0.4 is 10.6 Å². The number of nitrogens with one attached hydrogen (secondary N) is 2. The van der Waals surface area contributed by atoms with E-state index in [4.69, 9.17) is 0 Å². The number of alkyl halides is 3. The molecule has 1 amide bonds. The van der Waals surface area contributed by atoms with Gasteiger partial charge in [-0.05, 0) is 46.5 Å². The summed E-state index contributed by atoms with van der Waals surface area (Å²) in [6, 6.07) is 0. The second-order valence-corrected chi connectivity index (χ2v) is 6.64. The van der Waals surface area contributed by atoms with Crippen molar-refractivity contribution in [2.45, 2.75) is 63.7 Å². The summed E-state index contributed by atoms with van der Waals surface area (Å²) in [6.07, 6.45) is -3.95. The van der Waals surface area contributed by atoms with Crippen molar-refractivity contribution in [3.8, 4) is 0 Å². The molecule has 2 aliphatic rings. The lowest BCUT2D eigenvalue weighted by Crippen LogP contribution is -2.48. The SMILES string of the molecule is CC(C)(C)NC1=NC2(CCC(C(F)(F)F)CC2)C(=O)N1. The molecule has 1 aliphatic carbocycles. The van der Waals surface area contributed by atoms with Gasteiger partial charge in [0.1, 0.15) is 5.54 Å². The van der Waals surface area contributed by atoms with Crippen molar-refractivity contribution in [3.63, 3.8) is 0 Å². The minimum atomic E-state index is -4.17. The standard InChI is InChI=1S/C13H20F3N3O/c1-11(2,3)18-10-17-9(20)12(19-10)6-4-8(5-7-12)13(14,15)16/h8H,4-7H2,1-3H3,(H2,17,18,19,20). The fourth-order valence-electron chi connectivity index (χ4n) is 2.69. The average molecular weight is 291 g/mol. The minimum Gasteiger partial charge on any atom is -0.351 e. The maximum Gasteiger partial charge on any atom is 0.391 e. The molecule has 0 unspecified atom stereocenters. The average Bonchev–Trinajstić information content (AvgIpc) is 2.51. The third-order valence-electron chi connectivity index (χ3n) is 3.75. The van der Waals surface area contributed by atoms with Crippen LogP contribution in [0.2, 0.25) is 0 Å². The van der Waals surface area contributed by atoms with Gasteiger partial charge in [0.25, 0.3) is 5.91 Å². The summed E-state index contributed by atoms with van der Waals surface area (Å²) < 4.78 is 38.0. The summed E-state index contributed by atoms with van der Waals surface area (Å²) in [7, 11) is 0. The maximum atomic E-state index is 12.7. The number of amides is 1. The highest BCUT2D eigenvalue weighted by Gasteiger charge is 2.51. The van der Waals surface area contributed by atoms with Gasteiger partial charge in [0.05, 0.1) is 5.92 Å². The van der Waals surface area contributed by atoms with Gasteiger partial charge in [-0.1, -0.05) is 0 Å². The lowest BCUT2D eigenvalue weighted by molar-refractivity contribution is -0.185. The summed E-state index contributed by atoms with van der Waals surface area (Å²) >= 11 is 0. The molecule has 0 atom stereocenters. The van der Waals surface area contributed by atoms with Crippen molar-refractivity contribution in [2.24, 2.45) is 10.9 Å². The molecule has 0 aromatic heterocycles. The molecular formula is C13H20F3N3O. The first-order valence-electron chi connectivity index (χ1n) is 6.78. The number of carbonyl (C=O) groups excluding carboxylic acids is 1. The second-order valence-electron chi connectivity index (χ2n) is 6.64. The molecule has 1 aliphatic heterocycles. The first kappa shape index (κ1) is 15.1. The molecule has 1 fully saturated rings. The van der Waals surface area contributed by atoms with Gasteiger partial charge < -0.3 is 5.32 Å². The molecule has 1 spiro atoms. The van der Waals surface area contributed by atoms with E-state index in [2.05, 4.69) is 15.6 Å². The van der Waals surface area contributed by atoms with Crippen LogP contribution in [0.15, 0.2) is 4.99 Å². The third-order valence-corrected chi connectivity index (χ3v) is 3.75. The summed E-state index contributed by atoms with van der Waals surface area (Å²) in [5.41, 5.74) is -1.27. The summed E-state index contributed by atoms with van der Waals surface area (Å²) in [6.45, 7) is 5.77. The normalized spacial score (nSPS) is 31.2. The van der Waals surface area contributed by atoms with Crippen LogP contribution in [-0.2, 0) is 4.79 Å². The minimum absolute atomic E-state index is 0.0385. The number of nitrogens with zero attached hydrogens (tertiary/aromatic N) is 1. The van der Waals surface area contributed by atoms with Crippen LogP contribution in [0, 0.1) is 5.92 Å². The Hall–Kier alpha value is -1.27. The summed E-state index contributed by atoms with van der Waals surface area (Å²) in [5.74, 6) is -1.23. The van der Waals surface area contributed by atoms with E-state index >= 15 is 0 Å². The molecule has 114 valence electrons. The van der Waals surface area contributed by atoms with Crippen LogP contribution in [0.4, 0.5) is 13.2 Å². The topological polar surface area (TPSA) is 53.5 Å². The van der Waals surface area contributed by atoms with Gasteiger partial charge in [-0.3, -0.25) is 10.1 Å². The Morgan fingerprint density at radius 2 is 1.80 bits per heavy atom. The van der Waals surface area contributed by atoms with E-state index < -0.39 is 17.6 Å². The van der Waals surface area contributed by atoms with Crippen LogP contribution in [0.5, 0.6) is 0 Å². The van der Waals surface area contributed by atoms with Gasteiger partial charge in [-0.2, -0.15) is 13.2 Å². The highest BCUT2D eigenvalue weighted by atomic mass is 19.4. The van der Waals surface area contributed by atoms with Crippen LogP contribution in [0.1, 0.15) is 46.5 Å². The first-order valence-corrected chi connectivity index (χ1v) is 6.78. The summed E-state index contributed by atoms with van der Waals surface area (Å²) in [5, 5.41) is 5.70. The fourth-order valence-corrected chi connectivity index (χ4v) is 2.69. The fraction of sp³-hybridized carbons (Fsp3) is 0.846. The van der Waals surface area contributed by atoms with Crippen molar-refractivity contribution < 1.29 is 18.0 Å². The van der Waals surface area contributed by atoms with E-state index in [1.807, 2.05) is 20.8 Å². The van der Waals surface area contributed by atoms with Crippen molar-refractivity contribution in [3.05, 3.63) is 0 Å². The second kappa shape index (κ2) is 4.63. The highest BCUT2D eigenvalue weighted by Crippen LogP contribution is 2.43. The van der Waals surface area contributed by atoms with Gasteiger partial charge in [0.15, 0.2) is 5.96 Å². The Bertz CT molecular complexity index is 429. The largest absolute Gasteiger partial charge is 0.391 e. The van der Waals surface area contributed by atoms with Gasteiger partial charge in [-0.25, -0.2) is 4.99 Å². The Labute approximate surface area is 116 Å². The number of halogens is 3. The maximum absolute atomic E-state index is 12.7. The van der Waals surface area contributed by atoms with E-state index in [1.165, 1.54) is 0 Å². The van der Waals surface area contributed by atoms with E-state index in [-0.39, 0.29) is 37.1 Å². The van der Waals surface area contributed by atoms with Crippen molar-refractivity contribution in [2.75, 3.05) is 0 Å². The van der Waals surface area contributed by atoms with Crippen LogP contribution in [0.25, 0.3) is 0 Å². The van der Waals surface area contributed by atoms with Crippen molar-refractivity contribution in [1.29, 1.82) is 0 Å². The molecule has 1 heterocycles. The predicted octanol–water partition coefficient (Wildman–Crippen LogP) is 2.35. The van der Waals surface area contributed by atoms with E-state index in [0.29, 0.717) is 5.96 Å². The first-order chi connectivity index (χ1) is 9.02. The Morgan fingerprint density at radius 3 is 2.25 bits per heavy atom. The molecule has 0 saturated heterocycles. The Balaban J connectivity index is 2.08. The molecule has 1 saturated carbocycles. The number of carbonyl (C=O) groups is 1. The number of hydrogen-bond acceptors (Lipinski definition) is 3. The molecule has 2 rings (SSSR count). The predicted molar refractivity (Wildman–Crippen MR) is 69.2 cm³/mol. The quantitative estimate of drug-likeness (QED) is 0.720. The molecule has 0 aromatic rings. The van der Waals surface area contributed by atoms with Crippen LogP contribution in [-0.4, -0.2) is 29.1 Å². The van der Waals surface area contributed by atoms with Gasteiger partial charge >= 0.3 is 6.18 Å². The summed E-state index contributed by atoms with van der Waals surface area (Å²) in [4.78, 5) is 16.4.